The number of amides is 1. The maximum atomic E-state index is 13.4. The van der Waals surface area contributed by atoms with Crippen LogP contribution in [0.3, 0.4) is 0 Å². The fourth-order valence-corrected chi connectivity index (χ4v) is 4.79. The van der Waals surface area contributed by atoms with E-state index in [9.17, 15) is 18.4 Å². The van der Waals surface area contributed by atoms with Crippen molar-refractivity contribution in [3.63, 3.8) is 0 Å². The summed E-state index contributed by atoms with van der Waals surface area (Å²) < 4.78 is 32.4. The van der Waals surface area contributed by atoms with Crippen LogP contribution < -0.4 is 0 Å². The molecule has 2 saturated heterocycles. The van der Waals surface area contributed by atoms with Crippen LogP contribution in [0.4, 0.5) is 13.6 Å². The Morgan fingerprint density at radius 3 is 2.20 bits per heavy atom. The molecule has 2 unspecified atom stereocenters. The molecule has 0 spiro atoms. The number of benzene rings is 2. The molecule has 2 bridgehead atoms. The highest BCUT2D eigenvalue weighted by Gasteiger charge is 2.43. The summed E-state index contributed by atoms with van der Waals surface area (Å²) in [6, 6.07) is 12.7. The van der Waals surface area contributed by atoms with E-state index in [-0.39, 0.29) is 42.9 Å². The van der Waals surface area contributed by atoms with Crippen LogP contribution in [0.25, 0.3) is 0 Å². The molecule has 2 aromatic carbocycles. The van der Waals surface area contributed by atoms with Gasteiger partial charge in [0.05, 0.1) is 0 Å². The lowest BCUT2D eigenvalue weighted by Crippen LogP contribution is -2.55. The van der Waals surface area contributed by atoms with Crippen LogP contribution in [0.1, 0.15) is 43.2 Å². The highest BCUT2D eigenvalue weighted by atomic mass is 19.1. The molecule has 2 atom stereocenters. The SMILES string of the molecule is O=C(Cc1cc(F)cc(F)c1)C1CC2CCCC(C1)N2C(=O)OCc1ccccc1. The highest BCUT2D eigenvalue weighted by molar-refractivity contribution is 5.84. The molecule has 158 valence electrons. The Labute approximate surface area is 174 Å². The first-order valence-electron chi connectivity index (χ1n) is 10.5. The molecule has 2 heterocycles. The van der Waals surface area contributed by atoms with Gasteiger partial charge >= 0.3 is 6.09 Å². The standard InChI is InChI=1S/C24H25F2NO3/c25-19-9-17(10-20(26)14-19)11-23(28)18-12-21-7-4-8-22(13-18)27(21)24(29)30-15-16-5-2-1-3-6-16/h1-3,5-6,9-10,14,18,21-22H,4,7-8,11-13,15H2. The molecule has 0 saturated carbocycles. The monoisotopic (exact) mass is 413 g/mol. The van der Waals surface area contributed by atoms with E-state index >= 15 is 0 Å². The molecule has 2 aliphatic heterocycles. The minimum Gasteiger partial charge on any atom is -0.445 e. The van der Waals surface area contributed by atoms with Crippen LogP contribution in [0.2, 0.25) is 0 Å². The van der Waals surface area contributed by atoms with Gasteiger partial charge in [-0.1, -0.05) is 30.3 Å². The van der Waals surface area contributed by atoms with Crippen molar-refractivity contribution in [3.05, 3.63) is 71.3 Å². The Bertz CT molecular complexity index is 884. The first-order valence-corrected chi connectivity index (χ1v) is 10.5. The molecule has 0 aromatic heterocycles. The molecule has 2 fully saturated rings. The molecular weight excluding hydrogens is 388 g/mol. The number of piperidine rings is 2. The van der Waals surface area contributed by atoms with E-state index in [4.69, 9.17) is 4.74 Å². The molecule has 1 amide bonds. The second-order valence-corrected chi connectivity index (χ2v) is 8.28. The quantitative estimate of drug-likeness (QED) is 0.689. The fourth-order valence-electron chi connectivity index (χ4n) is 4.79. The van der Waals surface area contributed by atoms with Gasteiger partial charge in [-0.05, 0) is 55.4 Å². The van der Waals surface area contributed by atoms with Crippen molar-refractivity contribution in [3.8, 4) is 0 Å². The van der Waals surface area contributed by atoms with E-state index in [0.29, 0.717) is 18.4 Å². The number of ketones is 1. The van der Waals surface area contributed by atoms with E-state index in [2.05, 4.69) is 0 Å². The number of rotatable bonds is 5. The Morgan fingerprint density at radius 2 is 1.57 bits per heavy atom. The van der Waals surface area contributed by atoms with Gasteiger partial charge < -0.3 is 9.64 Å². The summed E-state index contributed by atoms with van der Waals surface area (Å²) in [6.45, 7) is 0.225. The molecule has 0 radical (unpaired) electrons. The number of fused-ring (bicyclic) bond motifs is 2. The van der Waals surface area contributed by atoms with Crippen molar-refractivity contribution in [2.75, 3.05) is 0 Å². The zero-order valence-corrected chi connectivity index (χ0v) is 16.7. The summed E-state index contributed by atoms with van der Waals surface area (Å²) in [4.78, 5) is 27.4. The second kappa shape index (κ2) is 8.94. The molecule has 30 heavy (non-hydrogen) atoms. The smallest absolute Gasteiger partial charge is 0.410 e. The number of carbonyl (C=O) groups is 2. The lowest BCUT2D eigenvalue weighted by Gasteiger charge is -2.47. The molecule has 4 rings (SSSR count). The zero-order valence-electron chi connectivity index (χ0n) is 16.7. The van der Waals surface area contributed by atoms with Crippen molar-refractivity contribution in [2.45, 2.75) is 57.2 Å². The molecule has 2 aliphatic rings. The van der Waals surface area contributed by atoms with Crippen molar-refractivity contribution in [1.29, 1.82) is 0 Å². The minimum atomic E-state index is -0.675. The van der Waals surface area contributed by atoms with Crippen molar-refractivity contribution < 1.29 is 23.1 Å². The highest BCUT2D eigenvalue weighted by Crippen LogP contribution is 2.38. The summed E-state index contributed by atoms with van der Waals surface area (Å²) in [5, 5.41) is 0. The summed E-state index contributed by atoms with van der Waals surface area (Å²) in [5.41, 5.74) is 1.29. The third kappa shape index (κ3) is 4.69. The minimum absolute atomic E-state index is 0.0112. The topological polar surface area (TPSA) is 46.6 Å². The number of carbonyl (C=O) groups excluding carboxylic acids is 2. The fraction of sp³-hybridized carbons (Fsp3) is 0.417. The van der Waals surface area contributed by atoms with Gasteiger partial charge in [-0.2, -0.15) is 0 Å². The lowest BCUT2D eigenvalue weighted by atomic mass is 9.76. The zero-order chi connectivity index (χ0) is 21.1. The van der Waals surface area contributed by atoms with Gasteiger partial charge in [0.2, 0.25) is 0 Å². The Kier molecular flexibility index (Phi) is 6.11. The van der Waals surface area contributed by atoms with Crippen molar-refractivity contribution in [1.82, 2.24) is 4.90 Å². The van der Waals surface area contributed by atoms with Crippen molar-refractivity contribution in [2.24, 2.45) is 5.92 Å². The van der Waals surface area contributed by atoms with Crippen LogP contribution >= 0.6 is 0 Å². The number of ether oxygens (including phenoxy) is 1. The molecule has 4 nitrogen and oxygen atoms in total. The van der Waals surface area contributed by atoms with Crippen LogP contribution in [-0.4, -0.2) is 28.9 Å². The average Bonchev–Trinajstić information content (AvgIpc) is 2.71. The number of hydrogen-bond donors (Lipinski definition) is 0. The summed E-state index contributed by atoms with van der Waals surface area (Å²) in [7, 11) is 0. The van der Waals surface area contributed by atoms with Crippen LogP contribution in [0.5, 0.6) is 0 Å². The van der Waals surface area contributed by atoms with Gasteiger partial charge in [0.1, 0.15) is 24.0 Å². The van der Waals surface area contributed by atoms with E-state index < -0.39 is 11.6 Å². The maximum Gasteiger partial charge on any atom is 0.410 e. The molecule has 6 heteroatoms. The third-order valence-corrected chi connectivity index (χ3v) is 6.15. The average molecular weight is 413 g/mol. The third-order valence-electron chi connectivity index (χ3n) is 6.15. The number of hydrogen-bond acceptors (Lipinski definition) is 3. The van der Waals surface area contributed by atoms with Crippen molar-refractivity contribution >= 4 is 11.9 Å². The number of halogens is 2. The predicted molar refractivity (Wildman–Crippen MR) is 108 cm³/mol. The summed E-state index contributed by atoms with van der Waals surface area (Å²) >= 11 is 0. The van der Waals surface area contributed by atoms with Crippen LogP contribution in [-0.2, 0) is 22.6 Å². The predicted octanol–water partition coefficient (Wildman–Crippen LogP) is 5.05. The Balaban J connectivity index is 1.39. The van der Waals surface area contributed by atoms with Gasteiger partial charge in [-0.25, -0.2) is 13.6 Å². The number of nitrogens with zero attached hydrogens (tertiary/aromatic N) is 1. The maximum absolute atomic E-state index is 13.4. The van der Waals surface area contributed by atoms with E-state index in [0.717, 1.165) is 30.9 Å². The van der Waals surface area contributed by atoms with E-state index in [1.165, 1.54) is 12.1 Å². The van der Waals surface area contributed by atoms with Gasteiger partial charge in [0.15, 0.2) is 0 Å². The molecule has 2 aromatic rings. The molecular formula is C24H25F2NO3. The van der Waals surface area contributed by atoms with Crippen LogP contribution in [0, 0.1) is 17.6 Å². The first-order chi connectivity index (χ1) is 14.5. The number of Topliss-reactive ketones (excluding diaryl/α,β-unsaturated/α-hetero) is 1. The summed E-state index contributed by atoms with van der Waals surface area (Å²) in [5.74, 6) is -1.57. The van der Waals surface area contributed by atoms with Gasteiger partial charge in [0, 0.05) is 30.5 Å². The normalized spacial score (nSPS) is 23.1. The Morgan fingerprint density at radius 1 is 0.933 bits per heavy atom. The van der Waals surface area contributed by atoms with Crippen LogP contribution in [0.15, 0.2) is 48.5 Å². The molecule has 0 aliphatic carbocycles. The van der Waals surface area contributed by atoms with E-state index in [1.807, 2.05) is 35.2 Å². The lowest BCUT2D eigenvalue weighted by molar-refractivity contribution is -0.126. The van der Waals surface area contributed by atoms with Gasteiger partial charge in [-0.3, -0.25) is 4.79 Å². The second-order valence-electron chi connectivity index (χ2n) is 8.28. The Hall–Kier alpha value is -2.76. The van der Waals surface area contributed by atoms with Gasteiger partial charge in [-0.15, -0.1) is 0 Å². The largest absolute Gasteiger partial charge is 0.445 e. The molecule has 0 N–H and O–H groups in total. The first kappa shape index (κ1) is 20.5. The van der Waals surface area contributed by atoms with Gasteiger partial charge in [0.25, 0.3) is 0 Å². The summed E-state index contributed by atoms with van der Waals surface area (Å²) in [6.07, 6.45) is 3.54. The van der Waals surface area contributed by atoms with E-state index in [1.54, 1.807) is 0 Å².